The molecular weight excluding hydrogens is 364 g/mol. The van der Waals surface area contributed by atoms with Gasteiger partial charge in [0.2, 0.25) is 5.91 Å². The molecule has 5 heteroatoms. The second-order valence-electron chi connectivity index (χ2n) is 7.36. The molecule has 150 valence electrons. The van der Waals surface area contributed by atoms with Gasteiger partial charge in [-0.1, -0.05) is 30.3 Å². The summed E-state index contributed by atoms with van der Waals surface area (Å²) in [5.74, 6) is 1.44. The van der Waals surface area contributed by atoms with E-state index < -0.39 is 0 Å². The molecule has 1 aliphatic rings. The summed E-state index contributed by atoms with van der Waals surface area (Å²) in [6.45, 7) is 3.49. The predicted octanol–water partition coefficient (Wildman–Crippen LogP) is 4.35. The lowest BCUT2D eigenvalue weighted by atomic mass is 9.96. The van der Waals surface area contributed by atoms with Crippen molar-refractivity contribution >= 4 is 22.4 Å². The summed E-state index contributed by atoms with van der Waals surface area (Å²) >= 11 is 0. The molecule has 2 aromatic carbocycles. The Morgan fingerprint density at radius 2 is 1.90 bits per heavy atom. The highest BCUT2D eigenvalue weighted by atomic mass is 16.5. The molecule has 5 nitrogen and oxygen atoms in total. The summed E-state index contributed by atoms with van der Waals surface area (Å²) in [4.78, 5) is 18.2. The molecule has 0 bridgehead atoms. The van der Waals surface area contributed by atoms with E-state index in [4.69, 9.17) is 9.47 Å². The van der Waals surface area contributed by atoms with Crippen molar-refractivity contribution in [3.8, 4) is 11.5 Å². The lowest BCUT2D eigenvalue weighted by molar-refractivity contribution is -0.130. The number of aromatic nitrogens is 1. The predicted molar refractivity (Wildman–Crippen MR) is 115 cm³/mol. The van der Waals surface area contributed by atoms with Crippen LogP contribution in [0.2, 0.25) is 0 Å². The van der Waals surface area contributed by atoms with Crippen molar-refractivity contribution in [2.24, 2.45) is 0 Å². The van der Waals surface area contributed by atoms with Crippen molar-refractivity contribution in [1.82, 2.24) is 9.88 Å². The van der Waals surface area contributed by atoms with Crippen LogP contribution in [0.4, 0.5) is 0 Å². The van der Waals surface area contributed by atoms with Gasteiger partial charge in [0.05, 0.1) is 20.6 Å². The molecule has 1 aromatic heterocycles. The van der Waals surface area contributed by atoms with Crippen LogP contribution in [0.25, 0.3) is 16.5 Å². The molecule has 0 atom stereocenters. The van der Waals surface area contributed by atoms with Crippen molar-refractivity contribution in [2.45, 2.75) is 19.8 Å². The monoisotopic (exact) mass is 390 g/mol. The zero-order valence-electron chi connectivity index (χ0n) is 17.1. The smallest absolute Gasteiger partial charge is 0.227 e. The molecule has 0 aliphatic carbocycles. The van der Waals surface area contributed by atoms with Crippen LogP contribution in [0.3, 0.4) is 0 Å². The first-order valence-corrected chi connectivity index (χ1v) is 9.86. The van der Waals surface area contributed by atoms with E-state index >= 15 is 0 Å². The maximum Gasteiger partial charge on any atom is 0.227 e. The minimum absolute atomic E-state index is 0.128. The number of hydrogen-bond acceptors (Lipinski definition) is 3. The first kappa shape index (κ1) is 19.1. The van der Waals surface area contributed by atoms with Crippen molar-refractivity contribution in [3.63, 3.8) is 0 Å². The Morgan fingerprint density at radius 3 is 2.62 bits per heavy atom. The van der Waals surface area contributed by atoms with Crippen LogP contribution in [-0.4, -0.2) is 43.1 Å². The van der Waals surface area contributed by atoms with Gasteiger partial charge in [0.1, 0.15) is 0 Å². The number of methoxy groups -OCH3 is 2. The number of rotatable bonds is 5. The Morgan fingerprint density at radius 1 is 1.10 bits per heavy atom. The number of carbonyl (C=O) groups excluding carboxylic acids is 1. The van der Waals surface area contributed by atoms with E-state index in [0.29, 0.717) is 24.5 Å². The summed E-state index contributed by atoms with van der Waals surface area (Å²) < 4.78 is 10.6. The maximum absolute atomic E-state index is 12.8. The van der Waals surface area contributed by atoms with E-state index in [0.717, 1.165) is 24.0 Å². The van der Waals surface area contributed by atoms with E-state index in [1.165, 1.54) is 22.2 Å². The lowest BCUT2D eigenvalue weighted by Gasteiger charge is -2.27. The molecule has 0 spiro atoms. The fourth-order valence-corrected chi connectivity index (χ4v) is 4.09. The van der Waals surface area contributed by atoms with E-state index in [1.807, 2.05) is 29.2 Å². The molecule has 0 saturated carbocycles. The first-order valence-electron chi connectivity index (χ1n) is 9.86. The van der Waals surface area contributed by atoms with Gasteiger partial charge < -0.3 is 19.4 Å². The first-order chi connectivity index (χ1) is 14.1. The summed E-state index contributed by atoms with van der Waals surface area (Å²) in [7, 11) is 3.21. The minimum Gasteiger partial charge on any atom is -0.493 e. The summed E-state index contributed by atoms with van der Waals surface area (Å²) in [5, 5.41) is 1.25. The second kappa shape index (κ2) is 8.03. The van der Waals surface area contributed by atoms with Crippen molar-refractivity contribution in [2.75, 3.05) is 27.3 Å². The highest BCUT2D eigenvalue weighted by molar-refractivity contribution is 5.94. The molecular formula is C24H26N2O3. The third-order valence-electron chi connectivity index (χ3n) is 5.58. The van der Waals surface area contributed by atoms with E-state index in [2.05, 4.69) is 36.2 Å². The zero-order chi connectivity index (χ0) is 20.4. The third kappa shape index (κ3) is 3.73. The van der Waals surface area contributed by atoms with Gasteiger partial charge in [-0.25, -0.2) is 0 Å². The van der Waals surface area contributed by atoms with Crippen LogP contribution < -0.4 is 9.47 Å². The second-order valence-corrected chi connectivity index (χ2v) is 7.36. The van der Waals surface area contributed by atoms with Crippen LogP contribution in [0.5, 0.6) is 11.5 Å². The lowest BCUT2D eigenvalue weighted by Crippen LogP contribution is -2.35. The number of benzene rings is 2. The fourth-order valence-electron chi connectivity index (χ4n) is 4.09. The normalized spacial score (nSPS) is 14.0. The summed E-state index contributed by atoms with van der Waals surface area (Å²) in [5.41, 5.74) is 5.87. The number of nitrogens with zero attached hydrogens (tertiary/aromatic N) is 1. The van der Waals surface area contributed by atoms with Crippen molar-refractivity contribution < 1.29 is 14.3 Å². The number of hydrogen-bond donors (Lipinski definition) is 1. The number of fused-ring (bicyclic) bond motifs is 1. The highest BCUT2D eigenvalue weighted by Gasteiger charge is 2.21. The van der Waals surface area contributed by atoms with E-state index in [-0.39, 0.29) is 5.91 Å². The van der Waals surface area contributed by atoms with Gasteiger partial charge in [0, 0.05) is 35.2 Å². The number of nitrogens with one attached hydrogen (secondary N) is 1. The standard InChI is InChI=1S/C24H26N2O3/c1-16-24(19-6-4-5-7-20(19)25-16)18-10-12-26(13-11-18)23(27)15-17-8-9-21(28-2)22(14-17)29-3/h4-10,14,25H,11-13,15H2,1-3H3. The molecule has 4 rings (SSSR count). The molecule has 0 fully saturated rings. The number of para-hydroxylation sites is 1. The van der Waals surface area contributed by atoms with Gasteiger partial charge in [0.25, 0.3) is 0 Å². The van der Waals surface area contributed by atoms with Crippen LogP contribution in [0.15, 0.2) is 48.5 Å². The molecule has 0 unspecified atom stereocenters. The largest absolute Gasteiger partial charge is 0.493 e. The van der Waals surface area contributed by atoms with Gasteiger partial charge >= 0.3 is 0 Å². The fraction of sp³-hybridized carbons (Fsp3) is 0.292. The number of aromatic amines is 1. The van der Waals surface area contributed by atoms with Gasteiger partial charge in [-0.15, -0.1) is 0 Å². The minimum atomic E-state index is 0.128. The van der Waals surface area contributed by atoms with Crippen molar-refractivity contribution in [3.05, 3.63) is 65.4 Å². The van der Waals surface area contributed by atoms with Crippen LogP contribution >= 0.6 is 0 Å². The average molecular weight is 390 g/mol. The Bertz CT molecular complexity index is 1080. The zero-order valence-corrected chi connectivity index (χ0v) is 17.1. The van der Waals surface area contributed by atoms with Crippen LogP contribution in [-0.2, 0) is 11.2 Å². The number of carbonyl (C=O) groups is 1. The van der Waals surface area contributed by atoms with Crippen LogP contribution in [0, 0.1) is 6.92 Å². The summed E-state index contributed by atoms with van der Waals surface area (Å²) in [6.07, 6.45) is 3.41. The quantitative estimate of drug-likeness (QED) is 0.705. The van der Waals surface area contributed by atoms with Gasteiger partial charge in [-0.2, -0.15) is 0 Å². The Kier molecular flexibility index (Phi) is 5.30. The number of amides is 1. The van der Waals surface area contributed by atoms with Crippen LogP contribution in [0.1, 0.15) is 23.2 Å². The SMILES string of the molecule is COc1ccc(CC(=O)N2CC=C(c3c(C)[nH]c4ccccc34)CC2)cc1OC. The molecule has 1 aliphatic heterocycles. The Hall–Kier alpha value is -3.21. The average Bonchev–Trinajstić information content (AvgIpc) is 3.09. The molecule has 0 saturated heterocycles. The molecule has 2 heterocycles. The molecule has 0 radical (unpaired) electrons. The molecule has 1 N–H and O–H groups in total. The van der Waals surface area contributed by atoms with E-state index in [9.17, 15) is 4.79 Å². The number of aryl methyl sites for hydroxylation is 1. The molecule has 1 amide bonds. The molecule has 29 heavy (non-hydrogen) atoms. The third-order valence-corrected chi connectivity index (χ3v) is 5.58. The topological polar surface area (TPSA) is 54.6 Å². The highest BCUT2D eigenvalue weighted by Crippen LogP contribution is 2.32. The Balaban J connectivity index is 1.48. The number of ether oxygens (including phenoxy) is 2. The maximum atomic E-state index is 12.8. The van der Waals surface area contributed by atoms with Gasteiger partial charge in [-0.3, -0.25) is 4.79 Å². The van der Waals surface area contributed by atoms with Gasteiger partial charge in [-0.05, 0) is 42.7 Å². The molecule has 3 aromatic rings. The summed E-state index contributed by atoms with van der Waals surface area (Å²) in [6, 6.07) is 14.0. The van der Waals surface area contributed by atoms with Crippen molar-refractivity contribution in [1.29, 1.82) is 0 Å². The van der Waals surface area contributed by atoms with Gasteiger partial charge in [0.15, 0.2) is 11.5 Å². The number of H-pyrrole nitrogens is 1. The van der Waals surface area contributed by atoms with E-state index in [1.54, 1.807) is 14.2 Å². The Labute approximate surface area is 170 Å².